The lowest BCUT2D eigenvalue weighted by atomic mass is 10.1. The number of amides is 1. The van der Waals surface area contributed by atoms with Crippen LogP contribution in [0.1, 0.15) is 28.5 Å². The van der Waals surface area contributed by atoms with Crippen LogP contribution in [0.5, 0.6) is 0 Å². The number of H-pyrrole nitrogens is 1. The zero-order valence-electron chi connectivity index (χ0n) is 13.9. The molecule has 3 rings (SSSR count). The summed E-state index contributed by atoms with van der Waals surface area (Å²) in [4.78, 5) is 18.6. The molecule has 0 fully saturated rings. The third-order valence-electron chi connectivity index (χ3n) is 3.98. The summed E-state index contributed by atoms with van der Waals surface area (Å²) < 4.78 is 0. The van der Waals surface area contributed by atoms with Gasteiger partial charge in [0.1, 0.15) is 0 Å². The molecule has 0 unspecified atom stereocenters. The van der Waals surface area contributed by atoms with Gasteiger partial charge in [-0.05, 0) is 41.8 Å². The lowest BCUT2D eigenvalue weighted by Gasteiger charge is -2.17. The highest BCUT2D eigenvalue weighted by molar-refractivity contribution is 5.94. The smallest absolute Gasteiger partial charge is 0.253 e. The average molecular weight is 320 g/mol. The highest BCUT2D eigenvalue weighted by atomic mass is 16.2. The Morgan fingerprint density at radius 1 is 1.12 bits per heavy atom. The first-order valence-electron chi connectivity index (χ1n) is 7.96. The molecule has 1 amide bonds. The average Bonchev–Trinajstić information content (AvgIpc) is 3.16. The van der Waals surface area contributed by atoms with Gasteiger partial charge in [-0.3, -0.25) is 14.9 Å². The van der Waals surface area contributed by atoms with Gasteiger partial charge in [-0.1, -0.05) is 25.1 Å². The Bertz CT molecular complexity index is 792. The summed E-state index contributed by atoms with van der Waals surface area (Å²) in [7, 11) is 1.79. The van der Waals surface area contributed by atoms with E-state index in [9.17, 15) is 4.79 Å². The second-order valence-electron chi connectivity index (χ2n) is 5.72. The molecule has 1 N–H and O–H groups in total. The fraction of sp³-hybridized carbons (Fsp3) is 0.211. The standard InChI is InChI=1S/C19H20N4O/c1-3-14-4-9-17(20-12-14)13-23(2)19(24)16-7-5-15(6-8-16)18-10-11-21-22-18/h4-12H,3,13H2,1-2H3,(H,21,22). The minimum absolute atomic E-state index is 0.0208. The van der Waals surface area contributed by atoms with Crippen molar-refractivity contribution in [2.75, 3.05) is 7.05 Å². The molecule has 2 aromatic heterocycles. The summed E-state index contributed by atoms with van der Waals surface area (Å²) in [6.45, 7) is 2.59. The Morgan fingerprint density at radius 3 is 2.50 bits per heavy atom. The molecule has 0 saturated heterocycles. The minimum atomic E-state index is -0.0208. The van der Waals surface area contributed by atoms with Crippen LogP contribution in [0.3, 0.4) is 0 Å². The molecule has 1 aromatic carbocycles. The van der Waals surface area contributed by atoms with Crippen molar-refractivity contribution in [3.63, 3.8) is 0 Å². The van der Waals surface area contributed by atoms with Crippen molar-refractivity contribution < 1.29 is 4.79 Å². The van der Waals surface area contributed by atoms with E-state index in [-0.39, 0.29) is 5.91 Å². The van der Waals surface area contributed by atoms with Crippen molar-refractivity contribution in [2.24, 2.45) is 0 Å². The van der Waals surface area contributed by atoms with Gasteiger partial charge in [0, 0.05) is 25.0 Å². The number of aryl methyl sites for hydroxylation is 1. The van der Waals surface area contributed by atoms with Crippen LogP contribution >= 0.6 is 0 Å². The van der Waals surface area contributed by atoms with E-state index in [0.717, 1.165) is 23.4 Å². The van der Waals surface area contributed by atoms with Crippen LogP contribution in [-0.4, -0.2) is 33.0 Å². The molecule has 5 heteroatoms. The molecule has 0 aliphatic carbocycles. The third-order valence-corrected chi connectivity index (χ3v) is 3.98. The second-order valence-corrected chi connectivity index (χ2v) is 5.72. The molecule has 5 nitrogen and oxygen atoms in total. The third kappa shape index (κ3) is 3.51. The summed E-state index contributed by atoms with van der Waals surface area (Å²) in [6.07, 6.45) is 4.54. The monoisotopic (exact) mass is 320 g/mol. The first kappa shape index (κ1) is 15.9. The van der Waals surface area contributed by atoms with Crippen LogP contribution in [0.4, 0.5) is 0 Å². The zero-order valence-corrected chi connectivity index (χ0v) is 13.9. The van der Waals surface area contributed by atoms with Crippen LogP contribution in [0.25, 0.3) is 11.3 Å². The highest BCUT2D eigenvalue weighted by Crippen LogP contribution is 2.17. The Labute approximate surface area is 141 Å². The number of hydrogen-bond donors (Lipinski definition) is 1. The highest BCUT2D eigenvalue weighted by Gasteiger charge is 2.13. The number of benzene rings is 1. The number of hydrogen-bond acceptors (Lipinski definition) is 3. The van der Waals surface area contributed by atoms with Crippen molar-refractivity contribution in [1.29, 1.82) is 0 Å². The second kappa shape index (κ2) is 7.08. The molecule has 0 aliphatic heterocycles. The maximum absolute atomic E-state index is 12.5. The lowest BCUT2D eigenvalue weighted by Crippen LogP contribution is -2.26. The van der Waals surface area contributed by atoms with Gasteiger partial charge in [0.2, 0.25) is 0 Å². The van der Waals surface area contributed by atoms with E-state index < -0.39 is 0 Å². The van der Waals surface area contributed by atoms with Crippen molar-refractivity contribution in [3.8, 4) is 11.3 Å². The van der Waals surface area contributed by atoms with Gasteiger partial charge in [0.25, 0.3) is 5.91 Å². The Morgan fingerprint density at radius 2 is 1.92 bits per heavy atom. The van der Waals surface area contributed by atoms with E-state index in [1.54, 1.807) is 18.1 Å². The number of aromatic amines is 1. The van der Waals surface area contributed by atoms with Crippen LogP contribution < -0.4 is 0 Å². The van der Waals surface area contributed by atoms with Crippen molar-refractivity contribution >= 4 is 5.91 Å². The first-order chi connectivity index (χ1) is 11.7. The van der Waals surface area contributed by atoms with E-state index in [1.165, 1.54) is 5.56 Å². The predicted molar refractivity (Wildman–Crippen MR) is 93.4 cm³/mol. The molecule has 24 heavy (non-hydrogen) atoms. The van der Waals surface area contributed by atoms with E-state index >= 15 is 0 Å². The SMILES string of the molecule is CCc1ccc(CN(C)C(=O)c2ccc(-c3ccn[nH]3)cc2)nc1. The van der Waals surface area contributed by atoms with E-state index in [1.807, 2.05) is 42.6 Å². The van der Waals surface area contributed by atoms with Crippen LogP contribution in [0.2, 0.25) is 0 Å². The number of carbonyl (C=O) groups excluding carboxylic acids is 1. The number of rotatable bonds is 5. The molecule has 0 bridgehead atoms. The molecule has 3 aromatic rings. The molecule has 2 heterocycles. The van der Waals surface area contributed by atoms with E-state index in [0.29, 0.717) is 12.1 Å². The maximum Gasteiger partial charge on any atom is 0.253 e. The molecule has 0 atom stereocenters. The van der Waals surface area contributed by atoms with Gasteiger partial charge in [-0.15, -0.1) is 0 Å². The van der Waals surface area contributed by atoms with Gasteiger partial charge in [0.15, 0.2) is 0 Å². The molecule has 0 aliphatic rings. The Kier molecular flexibility index (Phi) is 4.70. The predicted octanol–water partition coefficient (Wildman–Crippen LogP) is 3.31. The van der Waals surface area contributed by atoms with Crippen molar-refractivity contribution in [2.45, 2.75) is 19.9 Å². The van der Waals surface area contributed by atoms with Crippen LogP contribution in [0, 0.1) is 0 Å². The fourth-order valence-electron chi connectivity index (χ4n) is 2.50. The first-order valence-corrected chi connectivity index (χ1v) is 7.96. The number of nitrogens with zero attached hydrogens (tertiary/aromatic N) is 3. The minimum Gasteiger partial charge on any atom is -0.336 e. The number of pyridine rings is 1. The van der Waals surface area contributed by atoms with E-state index in [4.69, 9.17) is 0 Å². The number of nitrogens with one attached hydrogen (secondary N) is 1. The van der Waals surface area contributed by atoms with Crippen LogP contribution in [-0.2, 0) is 13.0 Å². The molecule has 0 spiro atoms. The molecule has 122 valence electrons. The topological polar surface area (TPSA) is 61.9 Å². The summed E-state index contributed by atoms with van der Waals surface area (Å²) in [6, 6.07) is 13.4. The van der Waals surface area contributed by atoms with Crippen LogP contribution in [0.15, 0.2) is 54.9 Å². The number of carbonyl (C=O) groups is 1. The molecular formula is C19H20N4O. The van der Waals surface area contributed by atoms with Gasteiger partial charge in [-0.25, -0.2) is 0 Å². The molecule has 0 saturated carbocycles. The quantitative estimate of drug-likeness (QED) is 0.784. The van der Waals surface area contributed by atoms with Gasteiger partial charge < -0.3 is 4.90 Å². The van der Waals surface area contributed by atoms with E-state index in [2.05, 4.69) is 28.2 Å². The van der Waals surface area contributed by atoms with Gasteiger partial charge in [-0.2, -0.15) is 5.10 Å². The summed E-state index contributed by atoms with van der Waals surface area (Å²) in [5, 5.41) is 6.85. The Balaban J connectivity index is 1.68. The molecule has 0 radical (unpaired) electrons. The van der Waals surface area contributed by atoms with Gasteiger partial charge >= 0.3 is 0 Å². The summed E-state index contributed by atoms with van der Waals surface area (Å²) >= 11 is 0. The zero-order chi connectivity index (χ0) is 16.9. The largest absolute Gasteiger partial charge is 0.336 e. The summed E-state index contributed by atoms with van der Waals surface area (Å²) in [5.41, 5.74) is 4.68. The van der Waals surface area contributed by atoms with Crippen molar-refractivity contribution in [3.05, 3.63) is 71.7 Å². The maximum atomic E-state index is 12.5. The fourth-order valence-corrected chi connectivity index (χ4v) is 2.50. The Hall–Kier alpha value is -2.95. The summed E-state index contributed by atoms with van der Waals surface area (Å²) in [5.74, 6) is -0.0208. The van der Waals surface area contributed by atoms with Gasteiger partial charge in [0.05, 0.1) is 17.9 Å². The number of aromatic nitrogens is 3. The lowest BCUT2D eigenvalue weighted by molar-refractivity contribution is 0.0783. The normalized spacial score (nSPS) is 10.6. The molecular weight excluding hydrogens is 300 g/mol. The van der Waals surface area contributed by atoms with Crippen molar-refractivity contribution in [1.82, 2.24) is 20.1 Å².